The van der Waals surface area contributed by atoms with Crippen molar-refractivity contribution in [2.45, 2.75) is 6.18 Å². The fraction of sp³-hybridized carbons (Fsp3) is 0.526. The molecule has 2 aromatic heterocycles. The lowest BCUT2D eigenvalue weighted by molar-refractivity contribution is -0.137. The van der Waals surface area contributed by atoms with Crippen molar-refractivity contribution in [2.24, 2.45) is 0 Å². The van der Waals surface area contributed by atoms with Gasteiger partial charge in [0.05, 0.1) is 37.7 Å². The smallest absolute Gasteiger partial charge is 0.378 e. The number of aromatic nitrogens is 3. The van der Waals surface area contributed by atoms with Gasteiger partial charge in [0.15, 0.2) is 0 Å². The largest absolute Gasteiger partial charge is 0.417 e. The van der Waals surface area contributed by atoms with E-state index >= 15 is 0 Å². The number of alkyl halides is 3. The fourth-order valence-corrected chi connectivity index (χ4v) is 3.45. The molecule has 11 heteroatoms. The van der Waals surface area contributed by atoms with E-state index in [1.54, 1.807) is 6.07 Å². The molecule has 0 amide bonds. The highest BCUT2D eigenvalue weighted by molar-refractivity contribution is 5.69. The third-order valence-electron chi connectivity index (χ3n) is 5.07. The van der Waals surface area contributed by atoms with E-state index in [1.165, 1.54) is 13.2 Å². The van der Waals surface area contributed by atoms with Crippen LogP contribution < -0.4 is 15.1 Å². The third kappa shape index (κ3) is 4.41. The number of nitrogens with one attached hydrogen (secondary N) is 1. The molecule has 2 aliphatic heterocycles. The van der Waals surface area contributed by atoms with E-state index in [4.69, 9.17) is 9.47 Å². The Morgan fingerprint density at radius 1 is 0.933 bits per heavy atom. The maximum atomic E-state index is 13.8. The molecule has 0 unspecified atom stereocenters. The van der Waals surface area contributed by atoms with Crippen LogP contribution in [0.3, 0.4) is 0 Å². The number of anilines is 3. The van der Waals surface area contributed by atoms with E-state index in [9.17, 15) is 13.2 Å². The van der Waals surface area contributed by atoms with Crippen molar-refractivity contribution in [2.75, 3.05) is 74.8 Å². The minimum Gasteiger partial charge on any atom is -0.378 e. The van der Waals surface area contributed by atoms with Gasteiger partial charge >= 0.3 is 6.18 Å². The first-order valence-electron chi connectivity index (χ1n) is 9.75. The molecule has 2 fully saturated rings. The number of morpholine rings is 2. The molecule has 0 aromatic carbocycles. The van der Waals surface area contributed by atoms with Gasteiger partial charge in [0, 0.05) is 51.1 Å². The van der Waals surface area contributed by atoms with Gasteiger partial charge in [-0.15, -0.1) is 0 Å². The highest BCUT2D eigenvalue weighted by atomic mass is 19.4. The maximum absolute atomic E-state index is 13.8. The number of ether oxygens (including phenoxy) is 2. The molecule has 0 atom stereocenters. The van der Waals surface area contributed by atoms with Crippen LogP contribution in [0, 0.1) is 0 Å². The molecular formula is C19H23F3N6O2. The zero-order chi connectivity index (χ0) is 21.1. The van der Waals surface area contributed by atoms with E-state index in [2.05, 4.69) is 20.3 Å². The lowest BCUT2D eigenvalue weighted by Gasteiger charge is -2.31. The third-order valence-corrected chi connectivity index (χ3v) is 5.07. The molecule has 0 saturated carbocycles. The lowest BCUT2D eigenvalue weighted by atomic mass is 10.1. The Bertz CT molecular complexity index is 847. The molecule has 0 radical (unpaired) electrons. The number of rotatable bonds is 4. The molecule has 2 saturated heterocycles. The van der Waals surface area contributed by atoms with Crippen LogP contribution in [0.15, 0.2) is 18.3 Å². The summed E-state index contributed by atoms with van der Waals surface area (Å²) in [6.45, 7) is 4.50. The summed E-state index contributed by atoms with van der Waals surface area (Å²) in [5.41, 5.74) is -0.676. The van der Waals surface area contributed by atoms with E-state index in [1.807, 2.05) is 9.80 Å². The Labute approximate surface area is 172 Å². The quantitative estimate of drug-likeness (QED) is 0.801. The predicted octanol–water partition coefficient (Wildman–Crippen LogP) is 2.27. The molecule has 0 aliphatic carbocycles. The molecule has 2 aromatic rings. The zero-order valence-electron chi connectivity index (χ0n) is 16.6. The van der Waals surface area contributed by atoms with Gasteiger partial charge in [-0.3, -0.25) is 0 Å². The molecule has 8 nitrogen and oxygen atoms in total. The molecule has 4 heterocycles. The second-order valence-electron chi connectivity index (χ2n) is 6.97. The topological polar surface area (TPSA) is 75.6 Å². The number of hydrogen-bond acceptors (Lipinski definition) is 8. The number of nitrogens with zero attached hydrogens (tertiary/aromatic N) is 5. The summed E-state index contributed by atoms with van der Waals surface area (Å²) in [5.74, 6) is 1.11. The molecule has 1 N–H and O–H groups in total. The van der Waals surface area contributed by atoms with Crippen LogP contribution in [0.25, 0.3) is 11.3 Å². The number of pyridine rings is 1. The van der Waals surface area contributed by atoms with E-state index < -0.39 is 11.7 Å². The van der Waals surface area contributed by atoms with Gasteiger partial charge in [0.2, 0.25) is 5.95 Å². The Balaban J connectivity index is 1.82. The van der Waals surface area contributed by atoms with Crippen molar-refractivity contribution in [3.8, 4) is 11.3 Å². The standard InChI is InChI=1S/C19H23F3N6O2/c1-23-16-10-14(19(20,21)22)13(12-24-16)15-11-17(27-2-6-29-7-3-27)26-18(25-15)28-4-8-30-9-5-28/h10-12H,2-9H2,1H3,(H,23,24). The van der Waals surface area contributed by atoms with E-state index in [0.29, 0.717) is 64.4 Å². The summed E-state index contributed by atoms with van der Waals surface area (Å²) in [5, 5.41) is 2.66. The number of halogens is 3. The monoisotopic (exact) mass is 424 g/mol. The molecule has 30 heavy (non-hydrogen) atoms. The minimum atomic E-state index is -4.55. The van der Waals surface area contributed by atoms with Crippen LogP contribution in [0.2, 0.25) is 0 Å². The molecule has 0 spiro atoms. The van der Waals surface area contributed by atoms with E-state index in [0.717, 1.165) is 6.07 Å². The normalized spacial score (nSPS) is 17.9. The maximum Gasteiger partial charge on any atom is 0.417 e. The minimum absolute atomic E-state index is 0.0760. The highest BCUT2D eigenvalue weighted by Crippen LogP contribution is 2.38. The number of hydrogen-bond donors (Lipinski definition) is 1. The molecule has 0 bridgehead atoms. The Kier molecular flexibility index (Phi) is 5.91. The van der Waals surface area contributed by atoms with Crippen molar-refractivity contribution in [1.82, 2.24) is 15.0 Å². The van der Waals surface area contributed by atoms with Gasteiger partial charge in [-0.25, -0.2) is 9.97 Å². The molecule has 2 aliphatic rings. The summed E-state index contributed by atoms with van der Waals surface area (Å²) >= 11 is 0. The Hall–Kier alpha value is -2.66. The Morgan fingerprint density at radius 2 is 1.57 bits per heavy atom. The summed E-state index contributed by atoms with van der Waals surface area (Å²) in [7, 11) is 1.53. The van der Waals surface area contributed by atoms with Crippen LogP contribution in [-0.4, -0.2) is 74.6 Å². The van der Waals surface area contributed by atoms with E-state index in [-0.39, 0.29) is 17.1 Å². The molecular weight excluding hydrogens is 401 g/mol. The highest BCUT2D eigenvalue weighted by Gasteiger charge is 2.35. The second kappa shape index (κ2) is 8.60. The lowest BCUT2D eigenvalue weighted by Crippen LogP contribution is -2.39. The van der Waals surface area contributed by atoms with Gasteiger partial charge in [-0.05, 0) is 6.07 Å². The first-order chi connectivity index (χ1) is 14.5. The fourth-order valence-electron chi connectivity index (χ4n) is 3.45. The summed E-state index contributed by atoms with van der Waals surface area (Å²) < 4.78 is 52.2. The summed E-state index contributed by atoms with van der Waals surface area (Å²) in [4.78, 5) is 17.2. The van der Waals surface area contributed by atoms with Crippen LogP contribution in [-0.2, 0) is 15.7 Å². The van der Waals surface area contributed by atoms with Gasteiger partial charge in [-0.1, -0.05) is 0 Å². The van der Waals surface area contributed by atoms with Crippen LogP contribution in [0.1, 0.15) is 5.56 Å². The van der Waals surface area contributed by atoms with Gasteiger partial charge in [-0.2, -0.15) is 18.2 Å². The van der Waals surface area contributed by atoms with Crippen LogP contribution >= 0.6 is 0 Å². The SMILES string of the molecule is CNc1cc(C(F)(F)F)c(-c2cc(N3CCOCC3)nc(N3CCOCC3)n2)cn1. The average molecular weight is 424 g/mol. The summed E-state index contributed by atoms with van der Waals surface area (Å²) in [6, 6.07) is 2.60. The molecule has 162 valence electrons. The second-order valence-corrected chi connectivity index (χ2v) is 6.97. The first-order valence-corrected chi connectivity index (χ1v) is 9.75. The molecule has 4 rings (SSSR count). The van der Waals surface area contributed by atoms with Crippen molar-refractivity contribution in [3.05, 3.63) is 23.9 Å². The van der Waals surface area contributed by atoms with Crippen LogP contribution in [0.4, 0.5) is 30.8 Å². The van der Waals surface area contributed by atoms with Crippen molar-refractivity contribution < 1.29 is 22.6 Å². The van der Waals surface area contributed by atoms with Crippen molar-refractivity contribution >= 4 is 17.6 Å². The van der Waals surface area contributed by atoms with Crippen molar-refractivity contribution in [3.63, 3.8) is 0 Å². The average Bonchev–Trinajstić information content (AvgIpc) is 2.79. The van der Waals surface area contributed by atoms with Gasteiger partial charge < -0.3 is 24.6 Å². The van der Waals surface area contributed by atoms with Gasteiger partial charge in [0.25, 0.3) is 0 Å². The van der Waals surface area contributed by atoms with Gasteiger partial charge in [0.1, 0.15) is 11.6 Å². The Morgan fingerprint density at radius 3 is 2.17 bits per heavy atom. The first kappa shape index (κ1) is 20.6. The van der Waals surface area contributed by atoms with Crippen LogP contribution in [0.5, 0.6) is 0 Å². The zero-order valence-corrected chi connectivity index (χ0v) is 16.6. The summed E-state index contributed by atoms with van der Waals surface area (Å²) in [6.07, 6.45) is -3.34. The predicted molar refractivity (Wildman–Crippen MR) is 106 cm³/mol. The van der Waals surface area contributed by atoms with Crippen molar-refractivity contribution in [1.29, 1.82) is 0 Å².